The van der Waals surface area contributed by atoms with Crippen LogP contribution in [0.3, 0.4) is 0 Å². The molecule has 0 aliphatic carbocycles. The summed E-state index contributed by atoms with van der Waals surface area (Å²) in [6.07, 6.45) is 2.10. The molecule has 3 heterocycles. The first-order chi connectivity index (χ1) is 18.9. The van der Waals surface area contributed by atoms with Gasteiger partial charge in [-0.2, -0.15) is 0 Å². The fourth-order valence-corrected chi connectivity index (χ4v) is 5.70. The number of amides is 1. The molecule has 1 aliphatic heterocycles. The molecule has 1 saturated heterocycles. The van der Waals surface area contributed by atoms with E-state index in [1.54, 1.807) is 13.3 Å². The van der Waals surface area contributed by atoms with Gasteiger partial charge in [0.05, 0.1) is 24.9 Å². The van der Waals surface area contributed by atoms with E-state index in [1.807, 2.05) is 67.6 Å². The molecule has 39 heavy (non-hydrogen) atoms. The first kappa shape index (κ1) is 26.4. The van der Waals surface area contributed by atoms with Gasteiger partial charge < -0.3 is 24.8 Å². The SMILES string of the molecule is COc1cccc(-n2c(C)cc([C@H]3[C@@H](c4ccccn4)NC(=S)N3CCC(=O)Nc3ccccc3C)c2C)c1. The Hall–Kier alpha value is -4.17. The Morgan fingerprint density at radius 1 is 1.05 bits per heavy atom. The van der Waals surface area contributed by atoms with Gasteiger partial charge in [-0.25, -0.2) is 0 Å². The highest BCUT2D eigenvalue weighted by Crippen LogP contribution is 2.41. The van der Waals surface area contributed by atoms with Gasteiger partial charge in [0.2, 0.25) is 5.91 Å². The smallest absolute Gasteiger partial charge is 0.226 e. The van der Waals surface area contributed by atoms with Gasteiger partial charge in [-0.05, 0) is 80.5 Å². The Morgan fingerprint density at radius 3 is 2.59 bits per heavy atom. The van der Waals surface area contributed by atoms with E-state index in [1.165, 1.54) is 0 Å². The maximum Gasteiger partial charge on any atom is 0.226 e. The molecule has 8 heteroatoms. The highest BCUT2D eigenvalue weighted by atomic mass is 32.1. The number of carbonyl (C=O) groups is 1. The molecular weight excluding hydrogens is 506 g/mol. The summed E-state index contributed by atoms with van der Waals surface area (Å²) in [5, 5.41) is 7.16. The van der Waals surface area contributed by atoms with Crippen LogP contribution in [0, 0.1) is 20.8 Å². The minimum atomic E-state index is -0.155. The number of thiocarbonyl (C=S) groups is 1. The van der Waals surface area contributed by atoms with Crippen molar-refractivity contribution >= 4 is 28.9 Å². The molecular formula is C31H33N5O2S. The molecule has 0 radical (unpaired) electrons. The van der Waals surface area contributed by atoms with E-state index >= 15 is 0 Å². The Kier molecular flexibility index (Phi) is 7.65. The standard InChI is InChI=1S/C31H33N5O2S/c1-20-10-5-6-13-26(20)33-28(37)15-17-35-30(29(34-31(35)39)27-14-7-8-16-32-27)25-18-21(2)36(22(25)3)23-11-9-12-24(19-23)38-4/h5-14,16,18-19,29-30H,15,17H2,1-4H3,(H,33,37)(H,34,39)/t29-,30+/m1/s1. The summed E-state index contributed by atoms with van der Waals surface area (Å²) >= 11 is 5.84. The lowest BCUT2D eigenvalue weighted by Gasteiger charge is -2.28. The Morgan fingerprint density at radius 2 is 1.85 bits per heavy atom. The fraction of sp³-hybridized carbons (Fsp3) is 0.258. The van der Waals surface area contributed by atoms with E-state index in [0.29, 0.717) is 18.1 Å². The molecule has 1 aliphatic rings. The molecule has 7 nitrogen and oxygen atoms in total. The van der Waals surface area contributed by atoms with Crippen molar-refractivity contribution < 1.29 is 9.53 Å². The van der Waals surface area contributed by atoms with Crippen LogP contribution in [0.15, 0.2) is 79.0 Å². The molecule has 0 unspecified atom stereocenters. The number of aryl methyl sites for hydroxylation is 2. The molecule has 1 amide bonds. The normalized spacial score (nSPS) is 16.7. The number of methoxy groups -OCH3 is 1. The molecule has 1 fully saturated rings. The number of pyridine rings is 1. The van der Waals surface area contributed by atoms with Gasteiger partial charge >= 0.3 is 0 Å². The summed E-state index contributed by atoms with van der Waals surface area (Å²) in [4.78, 5) is 19.7. The van der Waals surface area contributed by atoms with Gasteiger partial charge in [0, 0.05) is 48.0 Å². The zero-order valence-electron chi connectivity index (χ0n) is 22.6. The van der Waals surface area contributed by atoms with E-state index < -0.39 is 0 Å². The number of benzene rings is 2. The second-order valence-electron chi connectivity index (χ2n) is 9.80. The Balaban J connectivity index is 1.48. The van der Waals surface area contributed by atoms with Gasteiger partial charge in [0.1, 0.15) is 5.75 Å². The second kappa shape index (κ2) is 11.3. The summed E-state index contributed by atoms with van der Waals surface area (Å²) in [6.45, 7) is 6.69. The van der Waals surface area contributed by atoms with Crippen LogP contribution in [0.4, 0.5) is 5.69 Å². The number of hydrogen-bond donors (Lipinski definition) is 2. The van der Waals surface area contributed by atoms with Crippen LogP contribution in [0.2, 0.25) is 0 Å². The van der Waals surface area contributed by atoms with E-state index in [-0.39, 0.29) is 18.0 Å². The molecule has 2 aromatic carbocycles. The third-order valence-electron chi connectivity index (χ3n) is 7.30. The predicted molar refractivity (Wildman–Crippen MR) is 158 cm³/mol. The van der Waals surface area contributed by atoms with E-state index in [2.05, 4.69) is 51.1 Å². The largest absolute Gasteiger partial charge is 0.497 e. The lowest BCUT2D eigenvalue weighted by molar-refractivity contribution is -0.116. The van der Waals surface area contributed by atoms with E-state index in [9.17, 15) is 4.79 Å². The number of para-hydroxylation sites is 1. The van der Waals surface area contributed by atoms with Crippen molar-refractivity contribution in [3.8, 4) is 11.4 Å². The quantitative estimate of drug-likeness (QED) is 0.276. The van der Waals surface area contributed by atoms with Crippen molar-refractivity contribution in [1.29, 1.82) is 0 Å². The van der Waals surface area contributed by atoms with Gasteiger partial charge in [0.25, 0.3) is 0 Å². The van der Waals surface area contributed by atoms with Crippen molar-refractivity contribution in [2.45, 2.75) is 39.3 Å². The average Bonchev–Trinajstić information content (AvgIpc) is 3.43. The van der Waals surface area contributed by atoms with Crippen LogP contribution < -0.4 is 15.4 Å². The van der Waals surface area contributed by atoms with Gasteiger partial charge in [-0.1, -0.05) is 30.3 Å². The number of nitrogens with zero attached hydrogens (tertiary/aromatic N) is 3. The number of rotatable bonds is 8. The van der Waals surface area contributed by atoms with Crippen molar-refractivity contribution in [1.82, 2.24) is 19.8 Å². The third kappa shape index (κ3) is 5.38. The predicted octanol–water partition coefficient (Wildman–Crippen LogP) is 5.81. The van der Waals surface area contributed by atoms with Crippen LogP contribution in [0.25, 0.3) is 5.69 Å². The summed E-state index contributed by atoms with van der Waals surface area (Å²) in [7, 11) is 1.68. The molecule has 0 saturated carbocycles. The van der Waals surface area contributed by atoms with Crippen LogP contribution in [0.5, 0.6) is 5.75 Å². The molecule has 4 aromatic rings. The zero-order valence-corrected chi connectivity index (χ0v) is 23.5. The minimum Gasteiger partial charge on any atom is -0.497 e. The third-order valence-corrected chi connectivity index (χ3v) is 7.65. The number of hydrogen-bond acceptors (Lipinski definition) is 4. The molecule has 0 bridgehead atoms. The van der Waals surface area contributed by atoms with Gasteiger partial charge in [-0.3, -0.25) is 9.78 Å². The maximum absolute atomic E-state index is 13.0. The minimum absolute atomic E-state index is 0.0472. The van der Waals surface area contributed by atoms with Crippen LogP contribution in [-0.4, -0.2) is 39.1 Å². The number of ether oxygens (including phenoxy) is 1. The maximum atomic E-state index is 13.0. The Labute approximate surface area is 234 Å². The molecule has 2 aromatic heterocycles. The first-order valence-electron chi connectivity index (χ1n) is 13.0. The van der Waals surface area contributed by atoms with Crippen molar-refractivity contribution in [3.63, 3.8) is 0 Å². The lowest BCUT2D eigenvalue weighted by atomic mass is 9.96. The van der Waals surface area contributed by atoms with E-state index in [0.717, 1.165) is 45.3 Å². The highest BCUT2D eigenvalue weighted by molar-refractivity contribution is 7.80. The summed E-state index contributed by atoms with van der Waals surface area (Å²) < 4.78 is 7.71. The number of aromatic nitrogens is 2. The lowest BCUT2D eigenvalue weighted by Crippen LogP contribution is -2.33. The van der Waals surface area contributed by atoms with Crippen LogP contribution >= 0.6 is 12.2 Å². The second-order valence-corrected chi connectivity index (χ2v) is 10.2. The van der Waals surface area contributed by atoms with E-state index in [4.69, 9.17) is 17.0 Å². The number of nitrogens with one attached hydrogen (secondary N) is 2. The van der Waals surface area contributed by atoms with Gasteiger partial charge in [-0.15, -0.1) is 0 Å². The molecule has 2 N–H and O–H groups in total. The highest BCUT2D eigenvalue weighted by Gasteiger charge is 2.41. The van der Waals surface area contributed by atoms with Crippen LogP contribution in [-0.2, 0) is 4.79 Å². The van der Waals surface area contributed by atoms with Crippen molar-refractivity contribution in [2.24, 2.45) is 0 Å². The fourth-order valence-electron chi connectivity index (χ4n) is 5.37. The van der Waals surface area contributed by atoms with Gasteiger partial charge in [0.15, 0.2) is 5.11 Å². The summed E-state index contributed by atoms with van der Waals surface area (Å²) in [5.41, 5.74) is 7.14. The zero-order chi connectivity index (χ0) is 27.5. The van der Waals surface area contributed by atoms with Crippen molar-refractivity contribution in [3.05, 3.63) is 107 Å². The number of anilines is 1. The average molecular weight is 540 g/mol. The summed E-state index contributed by atoms with van der Waals surface area (Å²) in [6, 6.07) is 23.7. The molecule has 0 spiro atoms. The van der Waals surface area contributed by atoms with Crippen LogP contribution in [0.1, 0.15) is 46.7 Å². The molecule has 5 rings (SSSR count). The molecule has 2 atom stereocenters. The summed E-state index contributed by atoms with van der Waals surface area (Å²) in [5.74, 6) is 0.756. The topological polar surface area (TPSA) is 71.4 Å². The number of carbonyl (C=O) groups excluding carboxylic acids is 1. The molecule has 200 valence electrons. The monoisotopic (exact) mass is 539 g/mol. The Bertz CT molecular complexity index is 1500. The van der Waals surface area contributed by atoms with Crippen molar-refractivity contribution in [2.75, 3.05) is 19.0 Å². The first-order valence-corrected chi connectivity index (χ1v) is 13.4.